The largest absolute Gasteiger partial charge is 0.469 e. The molecule has 4 saturated carbocycles. The van der Waals surface area contributed by atoms with Crippen molar-refractivity contribution in [1.82, 2.24) is 0 Å². The Balaban J connectivity index is 1.60. The zero-order valence-electron chi connectivity index (χ0n) is 23.6. The highest BCUT2D eigenvalue weighted by Gasteiger charge is 2.69. The third-order valence-electron chi connectivity index (χ3n) is 13.1. The van der Waals surface area contributed by atoms with Crippen LogP contribution >= 0.6 is 0 Å². The number of nitrogens with zero attached hydrogens (tertiary/aromatic N) is 1. The lowest BCUT2D eigenvalue weighted by Gasteiger charge is -2.70. The number of carbonyl (C=O) groups excluding carboxylic acids is 1. The number of hydrogen-bond acceptors (Lipinski definition) is 4. The van der Waals surface area contributed by atoms with E-state index < -0.39 is 0 Å². The van der Waals surface area contributed by atoms with E-state index >= 15 is 0 Å². The normalized spacial score (nSPS) is 49.1. The summed E-state index contributed by atoms with van der Waals surface area (Å²) in [6.07, 6.45) is 13.4. The van der Waals surface area contributed by atoms with E-state index in [2.05, 4.69) is 59.7 Å². The van der Waals surface area contributed by atoms with Gasteiger partial charge in [0, 0.05) is 5.41 Å². The molecule has 0 aromatic carbocycles. The fourth-order valence-electron chi connectivity index (χ4n) is 10.8. The highest BCUT2D eigenvalue weighted by molar-refractivity contribution is 5.90. The van der Waals surface area contributed by atoms with Gasteiger partial charge < -0.3 is 9.94 Å². The fourth-order valence-corrected chi connectivity index (χ4v) is 10.8. The smallest absolute Gasteiger partial charge is 0.312 e. The number of esters is 1. The Bertz CT molecular complexity index is 978. The molecule has 4 heteroatoms. The van der Waals surface area contributed by atoms with Crippen molar-refractivity contribution in [3.63, 3.8) is 0 Å². The number of hydrogen-bond donors (Lipinski definition) is 1. The van der Waals surface area contributed by atoms with E-state index in [1.807, 2.05) is 0 Å². The van der Waals surface area contributed by atoms with Crippen LogP contribution in [0, 0.1) is 50.2 Å². The Morgan fingerprint density at radius 1 is 0.971 bits per heavy atom. The number of rotatable bonds is 1. The summed E-state index contributed by atoms with van der Waals surface area (Å²) in [7, 11) is 1.59. The van der Waals surface area contributed by atoms with Crippen LogP contribution in [0.15, 0.2) is 16.8 Å². The maximum Gasteiger partial charge on any atom is 0.312 e. The molecule has 0 aromatic rings. The van der Waals surface area contributed by atoms with Crippen molar-refractivity contribution in [3.05, 3.63) is 11.6 Å². The molecule has 5 rings (SSSR count). The molecule has 5 aliphatic rings. The van der Waals surface area contributed by atoms with Gasteiger partial charge in [0.05, 0.1) is 18.2 Å². The minimum absolute atomic E-state index is 0.0359. The van der Waals surface area contributed by atoms with E-state index in [0.717, 1.165) is 57.1 Å². The van der Waals surface area contributed by atoms with Gasteiger partial charge in [-0.3, -0.25) is 4.79 Å². The number of methoxy groups -OCH3 is 1. The van der Waals surface area contributed by atoms with E-state index in [0.29, 0.717) is 17.8 Å². The van der Waals surface area contributed by atoms with Crippen LogP contribution < -0.4 is 0 Å². The second kappa shape index (κ2) is 7.60. The zero-order chi connectivity index (χ0) is 25.7. The van der Waals surface area contributed by atoms with Crippen LogP contribution in [0.5, 0.6) is 0 Å². The predicted molar refractivity (Wildman–Crippen MR) is 140 cm³/mol. The molecule has 5 aliphatic carbocycles. The van der Waals surface area contributed by atoms with E-state index in [1.165, 1.54) is 12.8 Å². The Hall–Kier alpha value is -1.32. The van der Waals surface area contributed by atoms with Crippen molar-refractivity contribution in [3.8, 4) is 0 Å². The van der Waals surface area contributed by atoms with E-state index in [1.54, 1.807) is 12.7 Å². The summed E-state index contributed by atoms with van der Waals surface area (Å²) < 4.78 is 5.50. The molecule has 7 atom stereocenters. The van der Waals surface area contributed by atoms with E-state index in [9.17, 15) is 10.0 Å². The Morgan fingerprint density at radius 3 is 2.31 bits per heavy atom. The summed E-state index contributed by atoms with van der Waals surface area (Å²) in [5.41, 5.74) is 3.02. The van der Waals surface area contributed by atoms with Crippen LogP contribution in [0.2, 0.25) is 0 Å². The van der Waals surface area contributed by atoms with Crippen molar-refractivity contribution >= 4 is 11.7 Å². The van der Waals surface area contributed by atoms with Gasteiger partial charge >= 0.3 is 5.97 Å². The van der Waals surface area contributed by atoms with Gasteiger partial charge in [0.25, 0.3) is 0 Å². The molecule has 0 aliphatic heterocycles. The molecule has 0 heterocycles. The summed E-state index contributed by atoms with van der Waals surface area (Å²) in [6.45, 7) is 17.1. The highest BCUT2D eigenvalue weighted by atomic mass is 16.5. The third kappa shape index (κ3) is 3.10. The molecule has 196 valence electrons. The minimum atomic E-state index is -0.334. The number of fused-ring (bicyclic) bond motifs is 7. The van der Waals surface area contributed by atoms with Crippen LogP contribution in [0.3, 0.4) is 0 Å². The van der Waals surface area contributed by atoms with E-state index in [-0.39, 0.29) is 38.5 Å². The highest BCUT2D eigenvalue weighted by Crippen LogP contribution is 2.75. The average Bonchev–Trinajstić information content (AvgIpc) is 2.78. The molecule has 0 aromatic heterocycles. The zero-order valence-corrected chi connectivity index (χ0v) is 23.6. The van der Waals surface area contributed by atoms with Crippen molar-refractivity contribution in [1.29, 1.82) is 0 Å². The summed E-state index contributed by atoms with van der Waals surface area (Å²) in [4.78, 5) is 13.4. The molecule has 1 N–H and O–H groups in total. The van der Waals surface area contributed by atoms with Gasteiger partial charge in [-0.2, -0.15) is 0 Å². The minimum Gasteiger partial charge on any atom is -0.469 e. The van der Waals surface area contributed by atoms with Gasteiger partial charge in [-0.05, 0) is 104 Å². The van der Waals surface area contributed by atoms with Gasteiger partial charge in [0.2, 0.25) is 0 Å². The molecule has 0 unspecified atom stereocenters. The second-order valence-electron chi connectivity index (χ2n) is 15.1. The van der Waals surface area contributed by atoms with Crippen molar-refractivity contribution < 1.29 is 14.7 Å². The summed E-state index contributed by atoms with van der Waals surface area (Å²) >= 11 is 0. The number of ether oxygens (including phenoxy) is 1. The summed E-state index contributed by atoms with van der Waals surface area (Å²) in [5.74, 6) is 1.49. The first kappa shape index (κ1) is 25.3. The van der Waals surface area contributed by atoms with Crippen LogP contribution in [-0.2, 0) is 9.53 Å². The lowest BCUT2D eigenvalue weighted by Crippen LogP contribution is -2.64. The Kier molecular flexibility index (Phi) is 5.50. The topological polar surface area (TPSA) is 58.9 Å². The Labute approximate surface area is 213 Å². The maximum atomic E-state index is 13.4. The van der Waals surface area contributed by atoms with Gasteiger partial charge in [-0.15, -0.1) is 0 Å². The molecule has 4 fully saturated rings. The van der Waals surface area contributed by atoms with Crippen LogP contribution in [0.4, 0.5) is 0 Å². The third-order valence-corrected chi connectivity index (χ3v) is 13.1. The van der Waals surface area contributed by atoms with Gasteiger partial charge in [0.1, 0.15) is 0 Å². The monoisotopic (exact) mass is 483 g/mol. The molecule has 35 heavy (non-hydrogen) atoms. The number of carbonyl (C=O) groups is 1. The van der Waals surface area contributed by atoms with Crippen LogP contribution in [0.25, 0.3) is 0 Å². The molecule has 0 amide bonds. The van der Waals surface area contributed by atoms with Gasteiger partial charge in [-0.25, -0.2) is 0 Å². The lowest BCUT2D eigenvalue weighted by molar-refractivity contribution is -0.181. The lowest BCUT2D eigenvalue weighted by atomic mass is 9.33. The molecule has 4 nitrogen and oxygen atoms in total. The number of allylic oxidation sites excluding steroid dienone is 2. The first-order valence-electron chi connectivity index (χ1n) is 14.2. The maximum absolute atomic E-state index is 13.4. The standard InChI is InChI=1S/C31H49NO3/c1-26(2)15-17-31(25(33)35-8)18-16-29(6)20(21(31)19-26)9-10-23-28(5)13-12-24(32-34)27(3,4)22(28)11-14-30(23,29)7/h9,21-23,34H,10-19H2,1-8H3/b32-24-/t21-,22+,23+,28-,29+,30+,31-/m0/s1. The van der Waals surface area contributed by atoms with Crippen molar-refractivity contribution in [2.45, 2.75) is 113 Å². The molecule has 0 saturated heterocycles. The van der Waals surface area contributed by atoms with Gasteiger partial charge in [0.15, 0.2) is 0 Å². The Morgan fingerprint density at radius 2 is 1.66 bits per heavy atom. The van der Waals surface area contributed by atoms with Crippen LogP contribution in [0.1, 0.15) is 113 Å². The number of oxime groups is 1. The van der Waals surface area contributed by atoms with Gasteiger partial charge in [-0.1, -0.05) is 65.3 Å². The molecular weight excluding hydrogens is 434 g/mol. The average molecular weight is 484 g/mol. The summed E-state index contributed by atoms with van der Waals surface area (Å²) in [5, 5.41) is 13.5. The fraction of sp³-hybridized carbons (Fsp3) is 0.871. The van der Waals surface area contributed by atoms with E-state index in [4.69, 9.17) is 4.74 Å². The van der Waals surface area contributed by atoms with Crippen molar-refractivity contribution in [2.75, 3.05) is 7.11 Å². The summed E-state index contributed by atoms with van der Waals surface area (Å²) in [6, 6.07) is 0. The second-order valence-corrected chi connectivity index (χ2v) is 15.1. The molecule has 0 radical (unpaired) electrons. The SMILES string of the molecule is COC(=O)[C@]12CCC(C)(C)C[C@H]1C1=CC[C@@H]3[C@@]4(C)CC/C(=N/O)C(C)(C)[C@H]4CC[C@@]3(C)[C@]1(C)CC2. The molecular formula is C31H49NO3. The van der Waals surface area contributed by atoms with Crippen molar-refractivity contribution in [2.24, 2.45) is 55.4 Å². The van der Waals surface area contributed by atoms with Crippen LogP contribution in [-0.4, -0.2) is 24.0 Å². The predicted octanol–water partition coefficient (Wildman–Crippen LogP) is 7.79. The molecule has 0 spiro atoms. The first-order valence-corrected chi connectivity index (χ1v) is 14.2. The quantitative estimate of drug-likeness (QED) is 0.179. The molecule has 0 bridgehead atoms. The first-order chi connectivity index (χ1) is 16.2.